The van der Waals surface area contributed by atoms with E-state index in [1.165, 1.54) is 11.8 Å². The molecule has 1 aliphatic heterocycles. The van der Waals surface area contributed by atoms with Gasteiger partial charge in [-0.15, -0.1) is 0 Å². The second-order valence-electron chi connectivity index (χ2n) is 7.82. The second kappa shape index (κ2) is 13.2. The number of rotatable bonds is 13. The summed E-state index contributed by atoms with van der Waals surface area (Å²) in [7, 11) is 0. The number of amides is 3. The number of aliphatic imine (C=N–C) groups is 1. The number of nitrogens with two attached hydrogens (primary N) is 3. The van der Waals surface area contributed by atoms with Crippen molar-refractivity contribution in [1.29, 1.82) is 0 Å². The van der Waals surface area contributed by atoms with Crippen LogP contribution in [0.5, 0.6) is 0 Å². The lowest BCUT2D eigenvalue weighted by molar-refractivity contribution is -0.144. The van der Waals surface area contributed by atoms with Crippen molar-refractivity contribution >= 4 is 35.6 Å². The summed E-state index contributed by atoms with van der Waals surface area (Å²) in [6.07, 6.45) is 0.556. The standard InChI is InChI=1S/C19H33N7O7/c1-10(20)17(31)26-9-3-5-13(26)16(30)24-11(4-2-8-23-19(21)22)15(29)25-12(18(32)33)6-7-14(27)28/h10-13H,2-9,20H2,1H3,(H,24,30)(H,25,29)(H,27,28)(H,32,33)(H4,21,22,23). The number of aliphatic carboxylic acids is 2. The van der Waals surface area contributed by atoms with E-state index in [4.69, 9.17) is 22.3 Å². The van der Waals surface area contributed by atoms with Crippen molar-refractivity contribution in [1.82, 2.24) is 15.5 Å². The maximum absolute atomic E-state index is 12.9. The zero-order valence-electron chi connectivity index (χ0n) is 18.5. The third-order valence-corrected chi connectivity index (χ3v) is 5.07. The fourth-order valence-corrected chi connectivity index (χ4v) is 3.40. The second-order valence-corrected chi connectivity index (χ2v) is 7.82. The zero-order valence-corrected chi connectivity index (χ0v) is 18.5. The molecule has 1 aliphatic rings. The molecular formula is C19H33N7O7. The van der Waals surface area contributed by atoms with Gasteiger partial charge in [0.05, 0.1) is 6.04 Å². The van der Waals surface area contributed by atoms with Crippen molar-refractivity contribution in [3.63, 3.8) is 0 Å². The number of carbonyl (C=O) groups excluding carboxylic acids is 3. The number of carboxylic acid groups (broad SMARTS) is 2. The molecule has 0 aliphatic carbocycles. The van der Waals surface area contributed by atoms with Crippen LogP contribution < -0.4 is 27.8 Å². The number of guanidine groups is 1. The van der Waals surface area contributed by atoms with Crippen LogP contribution in [0.4, 0.5) is 0 Å². The summed E-state index contributed by atoms with van der Waals surface area (Å²) in [5.74, 6) is -4.51. The third-order valence-electron chi connectivity index (χ3n) is 5.07. The maximum Gasteiger partial charge on any atom is 0.326 e. The molecule has 0 bridgehead atoms. The Morgan fingerprint density at radius 3 is 2.30 bits per heavy atom. The van der Waals surface area contributed by atoms with Crippen LogP contribution in [0.15, 0.2) is 4.99 Å². The average molecular weight is 472 g/mol. The smallest absolute Gasteiger partial charge is 0.326 e. The number of nitrogens with zero attached hydrogens (tertiary/aromatic N) is 2. The van der Waals surface area contributed by atoms with Gasteiger partial charge < -0.3 is 42.9 Å². The van der Waals surface area contributed by atoms with Gasteiger partial charge in [-0.1, -0.05) is 0 Å². The Morgan fingerprint density at radius 2 is 1.76 bits per heavy atom. The molecule has 1 saturated heterocycles. The fourth-order valence-electron chi connectivity index (χ4n) is 3.40. The molecule has 4 unspecified atom stereocenters. The Kier molecular flexibility index (Phi) is 11.0. The van der Waals surface area contributed by atoms with E-state index in [9.17, 15) is 29.1 Å². The zero-order chi connectivity index (χ0) is 25.1. The lowest BCUT2D eigenvalue weighted by atomic mass is 10.1. The van der Waals surface area contributed by atoms with Crippen LogP contribution in [0, 0.1) is 0 Å². The molecule has 0 aromatic carbocycles. The van der Waals surface area contributed by atoms with E-state index in [-0.39, 0.29) is 37.7 Å². The number of likely N-dealkylation sites (tertiary alicyclic amines) is 1. The van der Waals surface area contributed by atoms with Crippen LogP contribution in [-0.4, -0.2) is 88.0 Å². The Hall–Kier alpha value is -3.42. The average Bonchev–Trinajstić information content (AvgIpc) is 3.21. The van der Waals surface area contributed by atoms with E-state index in [1.807, 2.05) is 0 Å². The SMILES string of the molecule is CC(N)C(=O)N1CCCC1C(=O)NC(CCCN=C(N)N)C(=O)NC(CCC(=O)O)C(=O)O. The lowest BCUT2D eigenvalue weighted by Gasteiger charge is -2.28. The maximum atomic E-state index is 12.9. The third kappa shape index (κ3) is 9.31. The highest BCUT2D eigenvalue weighted by Gasteiger charge is 2.37. The van der Waals surface area contributed by atoms with Crippen LogP contribution in [0.25, 0.3) is 0 Å². The summed E-state index contributed by atoms with van der Waals surface area (Å²) in [6.45, 7) is 2.04. The van der Waals surface area contributed by atoms with Gasteiger partial charge in [-0.3, -0.25) is 24.2 Å². The van der Waals surface area contributed by atoms with Gasteiger partial charge in [0, 0.05) is 19.5 Å². The van der Waals surface area contributed by atoms with E-state index in [2.05, 4.69) is 15.6 Å². The first-order chi connectivity index (χ1) is 15.4. The quantitative estimate of drug-likeness (QED) is 0.0831. The molecular weight excluding hydrogens is 438 g/mol. The predicted octanol–water partition coefficient (Wildman–Crippen LogP) is -2.70. The first kappa shape index (κ1) is 27.6. The summed E-state index contributed by atoms with van der Waals surface area (Å²) >= 11 is 0. The van der Waals surface area contributed by atoms with Gasteiger partial charge in [-0.2, -0.15) is 0 Å². The molecule has 4 atom stereocenters. The molecule has 0 spiro atoms. The highest BCUT2D eigenvalue weighted by atomic mass is 16.4. The van der Waals surface area contributed by atoms with Crippen LogP contribution in [0.2, 0.25) is 0 Å². The van der Waals surface area contributed by atoms with Crippen molar-refractivity contribution in [3.8, 4) is 0 Å². The monoisotopic (exact) mass is 471 g/mol. The van der Waals surface area contributed by atoms with Gasteiger partial charge >= 0.3 is 11.9 Å². The van der Waals surface area contributed by atoms with E-state index < -0.39 is 54.3 Å². The minimum atomic E-state index is -1.45. The Morgan fingerprint density at radius 1 is 1.09 bits per heavy atom. The molecule has 0 aromatic rings. The minimum absolute atomic E-state index is 0.0770. The van der Waals surface area contributed by atoms with Crippen LogP contribution in [0.1, 0.15) is 45.4 Å². The lowest BCUT2D eigenvalue weighted by Crippen LogP contribution is -2.56. The topological polar surface area (TPSA) is 244 Å². The first-order valence-corrected chi connectivity index (χ1v) is 10.6. The molecule has 10 N–H and O–H groups in total. The number of carboxylic acids is 2. The summed E-state index contributed by atoms with van der Waals surface area (Å²) in [6, 6.07) is -4.19. The van der Waals surface area contributed by atoms with Crippen molar-refractivity contribution in [3.05, 3.63) is 0 Å². The first-order valence-electron chi connectivity index (χ1n) is 10.6. The summed E-state index contributed by atoms with van der Waals surface area (Å²) in [5, 5.41) is 22.9. The number of carbonyl (C=O) groups is 5. The molecule has 33 heavy (non-hydrogen) atoms. The molecule has 0 radical (unpaired) electrons. The van der Waals surface area contributed by atoms with Crippen LogP contribution in [-0.2, 0) is 24.0 Å². The number of hydrogen-bond donors (Lipinski definition) is 7. The summed E-state index contributed by atoms with van der Waals surface area (Å²) in [4.78, 5) is 65.3. The molecule has 0 aromatic heterocycles. The highest BCUT2D eigenvalue weighted by molar-refractivity contribution is 5.94. The van der Waals surface area contributed by atoms with Gasteiger partial charge in [-0.25, -0.2) is 4.79 Å². The normalized spacial score (nSPS) is 18.0. The molecule has 14 heteroatoms. The van der Waals surface area contributed by atoms with Crippen LogP contribution in [0.3, 0.4) is 0 Å². The molecule has 1 fully saturated rings. The molecule has 14 nitrogen and oxygen atoms in total. The fraction of sp³-hybridized carbons (Fsp3) is 0.684. The predicted molar refractivity (Wildman–Crippen MR) is 117 cm³/mol. The van der Waals surface area contributed by atoms with Crippen LogP contribution >= 0.6 is 0 Å². The molecule has 3 amide bonds. The van der Waals surface area contributed by atoms with Gasteiger partial charge in [-0.05, 0) is 39.0 Å². The van der Waals surface area contributed by atoms with Gasteiger partial charge in [0.15, 0.2) is 5.96 Å². The molecule has 1 rings (SSSR count). The Balaban J connectivity index is 2.93. The van der Waals surface area contributed by atoms with Gasteiger partial charge in [0.1, 0.15) is 18.1 Å². The molecule has 0 saturated carbocycles. The summed E-state index contributed by atoms with van der Waals surface area (Å²) in [5.41, 5.74) is 16.2. The highest BCUT2D eigenvalue weighted by Crippen LogP contribution is 2.19. The number of hydrogen-bond acceptors (Lipinski definition) is 7. The van der Waals surface area contributed by atoms with E-state index in [1.54, 1.807) is 0 Å². The van der Waals surface area contributed by atoms with Gasteiger partial charge in [0.25, 0.3) is 0 Å². The molecule has 186 valence electrons. The minimum Gasteiger partial charge on any atom is -0.481 e. The van der Waals surface area contributed by atoms with E-state index >= 15 is 0 Å². The Labute approximate surface area is 190 Å². The van der Waals surface area contributed by atoms with E-state index in [0.29, 0.717) is 19.4 Å². The van der Waals surface area contributed by atoms with Crippen molar-refractivity contribution in [2.75, 3.05) is 13.1 Å². The van der Waals surface area contributed by atoms with Gasteiger partial charge in [0.2, 0.25) is 17.7 Å². The molecule has 1 heterocycles. The Bertz CT molecular complexity index is 768. The largest absolute Gasteiger partial charge is 0.481 e. The van der Waals surface area contributed by atoms with E-state index in [0.717, 1.165) is 0 Å². The van der Waals surface area contributed by atoms with Crippen molar-refractivity contribution in [2.24, 2.45) is 22.2 Å². The summed E-state index contributed by atoms with van der Waals surface area (Å²) < 4.78 is 0. The number of nitrogens with one attached hydrogen (secondary N) is 2. The van der Waals surface area contributed by atoms with Crippen molar-refractivity contribution in [2.45, 2.75) is 69.6 Å². The van der Waals surface area contributed by atoms with Crippen molar-refractivity contribution < 1.29 is 34.2 Å².